The van der Waals surface area contributed by atoms with Crippen molar-refractivity contribution in [3.63, 3.8) is 0 Å². The van der Waals surface area contributed by atoms with Crippen LogP contribution in [0.4, 0.5) is 0 Å². The van der Waals surface area contributed by atoms with Gasteiger partial charge >= 0.3 is 0 Å². The zero-order chi connectivity index (χ0) is 11.4. The molecule has 0 saturated heterocycles. The van der Waals surface area contributed by atoms with Gasteiger partial charge in [0.1, 0.15) is 12.1 Å². The third-order valence-corrected chi connectivity index (χ3v) is 2.34. The minimum atomic E-state index is 0.661. The highest BCUT2D eigenvalue weighted by Crippen LogP contribution is 2.17. The Labute approximate surface area is 94.2 Å². The smallest absolute Gasteiger partial charge is 0.150 e. The van der Waals surface area contributed by atoms with Crippen LogP contribution in [0.2, 0.25) is 0 Å². The van der Waals surface area contributed by atoms with Crippen LogP contribution in [0, 0.1) is 0 Å². The maximum Gasteiger partial charge on any atom is 0.150 e. The summed E-state index contributed by atoms with van der Waals surface area (Å²) in [6.45, 7) is 2.01. The lowest BCUT2D eigenvalue weighted by molar-refractivity contribution is 0.112. The zero-order valence-electron chi connectivity index (χ0n) is 9.05. The first-order chi connectivity index (χ1) is 7.83. The van der Waals surface area contributed by atoms with Crippen molar-refractivity contribution in [2.45, 2.75) is 13.3 Å². The molecule has 16 heavy (non-hydrogen) atoms. The molecule has 3 heteroatoms. The first-order valence-corrected chi connectivity index (χ1v) is 5.21. The molecular weight excluding hydrogens is 200 g/mol. The molecular formula is C13H12N2O. The number of hydrogen-bond donors (Lipinski definition) is 0. The van der Waals surface area contributed by atoms with E-state index in [-0.39, 0.29) is 0 Å². The number of aryl methyl sites for hydroxylation is 1. The van der Waals surface area contributed by atoms with Crippen LogP contribution in [0.3, 0.4) is 0 Å². The fraction of sp³-hybridized carbons (Fsp3) is 0.154. The summed E-state index contributed by atoms with van der Waals surface area (Å²) in [7, 11) is 0. The second-order valence-corrected chi connectivity index (χ2v) is 3.45. The Bertz CT molecular complexity index is 509. The molecule has 1 heterocycles. The molecule has 0 unspecified atom stereocenters. The van der Waals surface area contributed by atoms with Crippen molar-refractivity contribution in [3.05, 3.63) is 47.9 Å². The van der Waals surface area contributed by atoms with E-state index in [1.54, 1.807) is 12.3 Å². The summed E-state index contributed by atoms with van der Waals surface area (Å²) in [6, 6.07) is 9.25. The van der Waals surface area contributed by atoms with Gasteiger partial charge in [0.25, 0.3) is 0 Å². The summed E-state index contributed by atoms with van der Waals surface area (Å²) in [6.07, 6.45) is 3.39. The van der Waals surface area contributed by atoms with E-state index in [1.807, 2.05) is 31.2 Å². The molecule has 0 atom stereocenters. The molecule has 1 aromatic heterocycles. The third-order valence-electron chi connectivity index (χ3n) is 2.34. The summed E-state index contributed by atoms with van der Waals surface area (Å²) in [5.41, 5.74) is 2.46. The first kappa shape index (κ1) is 10.5. The Morgan fingerprint density at radius 1 is 1.31 bits per heavy atom. The molecule has 0 bridgehead atoms. The average Bonchev–Trinajstić information content (AvgIpc) is 2.39. The Kier molecular flexibility index (Phi) is 3.05. The summed E-state index contributed by atoms with van der Waals surface area (Å²) in [5.74, 6) is 0.814. The normalized spacial score (nSPS) is 10.1. The van der Waals surface area contributed by atoms with Crippen LogP contribution in [-0.4, -0.2) is 16.3 Å². The van der Waals surface area contributed by atoms with Gasteiger partial charge in [0, 0.05) is 23.7 Å². The standard InChI is InChI=1S/C13H12N2O/c1-2-13-14-7-6-12(15-13)11-5-3-4-10(8-11)9-16/h3-9H,2H2,1H3. The van der Waals surface area contributed by atoms with E-state index in [9.17, 15) is 4.79 Å². The van der Waals surface area contributed by atoms with Gasteiger partial charge in [0.2, 0.25) is 0 Å². The van der Waals surface area contributed by atoms with Gasteiger partial charge in [0.05, 0.1) is 5.69 Å². The van der Waals surface area contributed by atoms with Gasteiger partial charge in [0.15, 0.2) is 0 Å². The minimum Gasteiger partial charge on any atom is -0.298 e. The number of aromatic nitrogens is 2. The average molecular weight is 212 g/mol. The topological polar surface area (TPSA) is 42.9 Å². The molecule has 0 aliphatic rings. The van der Waals surface area contributed by atoms with Crippen molar-refractivity contribution in [1.82, 2.24) is 9.97 Å². The summed E-state index contributed by atoms with van der Waals surface area (Å²) < 4.78 is 0. The number of carbonyl (C=O) groups excluding carboxylic acids is 1. The van der Waals surface area contributed by atoms with Gasteiger partial charge in [-0.3, -0.25) is 4.79 Å². The van der Waals surface area contributed by atoms with Crippen molar-refractivity contribution < 1.29 is 4.79 Å². The number of hydrogen-bond acceptors (Lipinski definition) is 3. The quantitative estimate of drug-likeness (QED) is 0.734. The SMILES string of the molecule is CCc1nccc(-c2cccc(C=O)c2)n1. The van der Waals surface area contributed by atoms with Crippen LogP contribution in [0.15, 0.2) is 36.5 Å². The second-order valence-electron chi connectivity index (χ2n) is 3.45. The molecule has 0 aliphatic carbocycles. The van der Waals surface area contributed by atoms with Crippen LogP contribution in [0.5, 0.6) is 0 Å². The number of benzene rings is 1. The van der Waals surface area contributed by atoms with Gasteiger partial charge in [-0.2, -0.15) is 0 Å². The molecule has 80 valence electrons. The third kappa shape index (κ3) is 2.14. The van der Waals surface area contributed by atoms with E-state index in [4.69, 9.17) is 0 Å². The van der Waals surface area contributed by atoms with Crippen LogP contribution < -0.4 is 0 Å². The van der Waals surface area contributed by atoms with Gasteiger partial charge in [-0.1, -0.05) is 25.1 Å². The maximum absolute atomic E-state index is 10.7. The van der Waals surface area contributed by atoms with E-state index in [1.165, 1.54) is 0 Å². The van der Waals surface area contributed by atoms with Crippen LogP contribution >= 0.6 is 0 Å². The molecule has 2 aromatic rings. The summed E-state index contributed by atoms with van der Waals surface area (Å²) in [5, 5.41) is 0. The largest absolute Gasteiger partial charge is 0.298 e. The lowest BCUT2D eigenvalue weighted by Gasteiger charge is -2.02. The molecule has 0 amide bonds. The van der Waals surface area contributed by atoms with Crippen molar-refractivity contribution in [2.24, 2.45) is 0 Å². The van der Waals surface area contributed by atoms with Crippen molar-refractivity contribution in [3.8, 4) is 11.3 Å². The fourth-order valence-electron chi connectivity index (χ4n) is 1.50. The number of aldehydes is 1. The highest BCUT2D eigenvalue weighted by molar-refractivity contribution is 5.78. The lowest BCUT2D eigenvalue weighted by Crippen LogP contribution is -1.94. The van der Waals surface area contributed by atoms with Gasteiger partial charge in [-0.25, -0.2) is 9.97 Å². The molecule has 0 radical (unpaired) electrons. The molecule has 0 fully saturated rings. The van der Waals surface area contributed by atoms with Gasteiger partial charge in [-0.05, 0) is 12.1 Å². The van der Waals surface area contributed by atoms with E-state index >= 15 is 0 Å². The predicted octanol–water partition coefficient (Wildman–Crippen LogP) is 2.52. The van der Waals surface area contributed by atoms with E-state index < -0.39 is 0 Å². The Balaban J connectivity index is 2.45. The van der Waals surface area contributed by atoms with Crippen LogP contribution in [0.25, 0.3) is 11.3 Å². The molecule has 0 aliphatic heterocycles. The molecule has 3 nitrogen and oxygen atoms in total. The molecule has 1 aromatic carbocycles. The highest BCUT2D eigenvalue weighted by Gasteiger charge is 2.01. The predicted molar refractivity (Wildman–Crippen MR) is 62.2 cm³/mol. The van der Waals surface area contributed by atoms with Crippen LogP contribution in [0.1, 0.15) is 23.1 Å². The fourth-order valence-corrected chi connectivity index (χ4v) is 1.50. The lowest BCUT2D eigenvalue weighted by atomic mass is 10.1. The molecule has 2 rings (SSSR count). The number of nitrogens with zero attached hydrogens (tertiary/aromatic N) is 2. The zero-order valence-corrected chi connectivity index (χ0v) is 9.05. The van der Waals surface area contributed by atoms with Gasteiger partial charge in [-0.15, -0.1) is 0 Å². The van der Waals surface area contributed by atoms with E-state index in [2.05, 4.69) is 9.97 Å². The highest BCUT2D eigenvalue weighted by atomic mass is 16.1. The summed E-state index contributed by atoms with van der Waals surface area (Å²) >= 11 is 0. The molecule has 0 N–H and O–H groups in total. The minimum absolute atomic E-state index is 0.661. The van der Waals surface area contributed by atoms with Crippen molar-refractivity contribution in [2.75, 3.05) is 0 Å². The van der Waals surface area contributed by atoms with E-state index in [0.717, 1.165) is 29.8 Å². The molecule has 0 spiro atoms. The monoisotopic (exact) mass is 212 g/mol. The Morgan fingerprint density at radius 2 is 2.19 bits per heavy atom. The number of carbonyl (C=O) groups is 1. The second kappa shape index (κ2) is 4.66. The van der Waals surface area contributed by atoms with Crippen molar-refractivity contribution in [1.29, 1.82) is 0 Å². The van der Waals surface area contributed by atoms with Gasteiger partial charge < -0.3 is 0 Å². The summed E-state index contributed by atoms with van der Waals surface area (Å²) in [4.78, 5) is 19.2. The molecule has 0 saturated carbocycles. The van der Waals surface area contributed by atoms with Crippen molar-refractivity contribution >= 4 is 6.29 Å². The Morgan fingerprint density at radius 3 is 2.94 bits per heavy atom. The maximum atomic E-state index is 10.7. The van der Waals surface area contributed by atoms with Crippen LogP contribution in [-0.2, 0) is 6.42 Å². The number of rotatable bonds is 3. The Hall–Kier alpha value is -2.03. The first-order valence-electron chi connectivity index (χ1n) is 5.21. The van der Waals surface area contributed by atoms with E-state index in [0.29, 0.717) is 5.56 Å².